The standard InChI is InChI=1S/C29H35N3O5/c1-7-20-11-8-9-14-24(20)25(26(33)31-21-15-17-23(36-6)18-16-21)32(22-12-10-13-22)27(34)19(2)30-28(35)37-29(3,4)5/h1,8-9,11,14-19,22,25H,10,12-13H2,2-6H3,(H,30,35)(H,31,33). The van der Waals surface area contributed by atoms with E-state index in [2.05, 4.69) is 16.6 Å². The molecule has 1 aliphatic carbocycles. The molecule has 0 spiro atoms. The first kappa shape index (κ1) is 27.6. The predicted molar refractivity (Wildman–Crippen MR) is 142 cm³/mol. The normalized spacial score (nSPS) is 14.8. The van der Waals surface area contributed by atoms with E-state index in [4.69, 9.17) is 15.9 Å². The van der Waals surface area contributed by atoms with Crippen LogP contribution in [0.2, 0.25) is 0 Å². The van der Waals surface area contributed by atoms with Crippen molar-refractivity contribution >= 4 is 23.6 Å². The molecule has 2 unspecified atom stereocenters. The second-order valence-electron chi connectivity index (χ2n) is 10.1. The molecule has 8 nitrogen and oxygen atoms in total. The topological polar surface area (TPSA) is 97.0 Å². The van der Waals surface area contributed by atoms with E-state index in [0.29, 0.717) is 22.6 Å². The number of carbonyl (C=O) groups excluding carboxylic acids is 3. The maximum atomic E-state index is 13.8. The first-order valence-corrected chi connectivity index (χ1v) is 12.4. The Morgan fingerprint density at radius 2 is 1.73 bits per heavy atom. The fourth-order valence-corrected chi connectivity index (χ4v) is 4.12. The Kier molecular flexibility index (Phi) is 8.82. The number of terminal acetylenes is 1. The molecule has 0 bridgehead atoms. The van der Waals surface area contributed by atoms with E-state index in [9.17, 15) is 14.4 Å². The molecule has 1 saturated carbocycles. The number of benzene rings is 2. The maximum Gasteiger partial charge on any atom is 0.408 e. The van der Waals surface area contributed by atoms with Crippen LogP contribution in [0.3, 0.4) is 0 Å². The maximum absolute atomic E-state index is 13.8. The highest BCUT2D eigenvalue weighted by Crippen LogP contribution is 2.35. The van der Waals surface area contributed by atoms with Crippen LogP contribution in [0.5, 0.6) is 5.75 Å². The third-order valence-electron chi connectivity index (χ3n) is 6.12. The molecule has 3 rings (SSSR count). The highest BCUT2D eigenvalue weighted by molar-refractivity contribution is 5.99. The zero-order chi connectivity index (χ0) is 27.2. The van der Waals surface area contributed by atoms with Crippen molar-refractivity contribution in [2.45, 2.75) is 70.7 Å². The molecule has 2 atom stereocenters. The summed E-state index contributed by atoms with van der Waals surface area (Å²) in [6.07, 6.45) is 7.51. The Morgan fingerprint density at radius 3 is 2.27 bits per heavy atom. The second kappa shape index (κ2) is 11.8. The molecule has 2 aromatic rings. The van der Waals surface area contributed by atoms with Crippen LogP contribution >= 0.6 is 0 Å². The molecule has 0 saturated heterocycles. The minimum Gasteiger partial charge on any atom is -0.497 e. The Labute approximate surface area is 218 Å². The van der Waals surface area contributed by atoms with Gasteiger partial charge in [0.25, 0.3) is 5.91 Å². The Balaban J connectivity index is 1.98. The number of hydrogen-bond acceptors (Lipinski definition) is 5. The molecule has 37 heavy (non-hydrogen) atoms. The Bertz CT molecular complexity index is 1160. The van der Waals surface area contributed by atoms with Gasteiger partial charge < -0.3 is 25.0 Å². The third-order valence-corrected chi connectivity index (χ3v) is 6.12. The SMILES string of the molecule is C#Cc1ccccc1C(C(=O)Nc1ccc(OC)cc1)N(C(=O)C(C)NC(=O)OC(C)(C)C)C1CCC1. The van der Waals surface area contributed by atoms with Gasteiger partial charge in [0.15, 0.2) is 0 Å². The molecule has 0 aromatic heterocycles. The summed E-state index contributed by atoms with van der Waals surface area (Å²) < 4.78 is 10.5. The molecular weight excluding hydrogens is 470 g/mol. The lowest BCUT2D eigenvalue weighted by molar-refractivity contribution is -0.145. The number of carbonyl (C=O) groups is 3. The molecule has 1 fully saturated rings. The molecule has 0 aliphatic heterocycles. The van der Waals surface area contributed by atoms with Gasteiger partial charge in [-0.05, 0) is 82.9 Å². The summed E-state index contributed by atoms with van der Waals surface area (Å²) in [5.41, 5.74) is 0.894. The van der Waals surface area contributed by atoms with E-state index in [1.54, 1.807) is 88.2 Å². The van der Waals surface area contributed by atoms with E-state index in [1.165, 1.54) is 0 Å². The van der Waals surface area contributed by atoms with Gasteiger partial charge in [-0.25, -0.2) is 4.79 Å². The van der Waals surface area contributed by atoms with Gasteiger partial charge in [0, 0.05) is 17.3 Å². The van der Waals surface area contributed by atoms with E-state index in [1.807, 2.05) is 0 Å². The number of hydrogen-bond donors (Lipinski definition) is 2. The van der Waals surface area contributed by atoms with Crippen molar-refractivity contribution in [1.82, 2.24) is 10.2 Å². The summed E-state index contributed by atoms with van der Waals surface area (Å²) in [6, 6.07) is 11.9. The fraction of sp³-hybridized carbons (Fsp3) is 0.414. The van der Waals surface area contributed by atoms with E-state index < -0.39 is 35.6 Å². The van der Waals surface area contributed by atoms with Gasteiger partial charge in [0.05, 0.1) is 7.11 Å². The van der Waals surface area contributed by atoms with Crippen LogP contribution in [-0.4, -0.2) is 47.6 Å². The van der Waals surface area contributed by atoms with Gasteiger partial charge in [0.1, 0.15) is 23.4 Å². The number of methoxy groups -OCH3 is 1. The van der Waals surface area contributed by atoms with Gasteiger partial charge in [-0.1, -0.05) is 24.1 Å². The van der Waals surface area contributed by atoms with Crippen LogP contribution in [0.15, 0.2) is 48.5 Å². The van der Waals surface area contributed by atoms with Crippen molar-refractivity contribution in [3.8, 4) is 18.1 Å². The molecule has 8 heteroatoms. The van der Waals surface area contributed by atoms with Gasteiger partial charge in [-0.3, -0.25) is 9.59 Å². The highest BCUT2D eigenvalue weighted by Gasteiger charge is 2.41. The van der Waals surface area contributed by atoms with Crippen LogP contribution in [-0.2, 0) is 14.3 Å². The van der Waals surface area contributed by atoms with Crippen molar-refractivity contribution in [1.29, 1.82) is 0 Å². The Hall–Kier alpha value is -3.99. The second-order valence-corrected chi connectivity index (χ2v) is 10.1. The molecule has 2 N–H and O–H groups in total. The Morgan fingerprint density at radius 1 is 1.08 bits per heavy atom. The number of nitrogens with zero attached hydrogens (tertiary/aromatic N) is 1. The van der Waals surface area contributed by atoms with Crippen molar-refractivity contribution in [2.75, 3.05) is 12.4 Å². The average molecular weight is 506 g/mol. The lowest BCUT2D eigenvalue weighted by Gasteiger charge is -2.43. The minimum atomic E-state index is -1.00. The minimum absolute atomic E-state index is 0.173. The molecule has 3 amide bonds. The number of amides is 3. The van der Waals surface area contributed by atoms with E-state index in [-0.39, 0.29) is 6.04 Å². The summed E-state index contributed by atoms with van der Waals surface area (Å²) in [5, 5.41) is 5.54. The van der Waals surface area contributed by atoms with Crippen LogP contribution in [0, 0.1) is 12.3 Å². The van der Waals surface area contributed by atoms with Crippen molar-refractivity contribution in [2.24, 2.45) is 0 Å². The van der Waals surface area contributed by atoms with Gasteiger partial charge >= 0.3 is 6.09 Å². The summed E-state index contributed by atoms with van der Waals surface area (Å²) in [4.78, 5) is 41.6. The smallest absolute Gasteiger partial charge is 0.408 e. The third kappa shape index (κ3) is 7.04. The largest absolute Gasteiger partial charge is 0.497 e. The predicted octanol–water partition coefficient (Wildman–Crippen LogP) is 4.65. The van der Waals surface area contributed by atoms with Crippen molar-refractivity contribution in [3.63, 3.8) is 0 Å². The van der Waals surface area contributed by atoms with Crippen molar-refractivity contribution < 1.29 is 23.9 Å². The molecule has 0 radical (unpaired) electrons. The average Bonchev–Trinajstić information content (AvgIpc) is 2.81. The fourth-order valence-electron chi connectivity index (χ4n) is 4.12. The van der Waals surface area contributed by atoms with Crippen LogP contribution in [0.1, 0.15) is 64.1 Å². The van der Waals surface area contributed by atoms with E-state index in [0.717, 1.165) is 19.3 Å². The first-order chi connectivity index (χ1) is 17.5. The number of ether oxygens (including phenoxy) is 2. The zero-order valence-corrected chi connectivity index (χ0v) is 22.0. The number of nitrogens with one attached hydrogen (secondary N) is 2. The first-order valence-electron chi connectivity index (χ1n) is 12.4. The summed E-state index contributed by atoms with van der Waals surface area (Å²) in [5.74, 6) is 2.50. The van der Waals surface area contributed by atoms with Crippen LogP contribution < -0.4 is 15.4 Å². The van der Waals surface area contributed by atoms with Gasteiger partial charge in [0.2, 0.25) is 5.91 Å². The van der Waals surface area contributed by atoms with E-state index >= 15 is 0 Å². The van der Waals surface area contributed by atoms with Gasteiger partial charge in [-0.15, -0.1) is 6.42 Å². The molecule has 2 aromatic carbocycles. The summed E-state index contributed by atoms with van der Waals surface area (Å²) in [6.45, 7) is 6.82. The molecule has 1 aliphatic rings. The number of rotatable bonds is 8. The zero-order valence-electron chi connectivity index (χ0n) is 22.0. The highest BCUT2D eigenvalue weighted by atomic mass is 16.6. The van der Waals surface area contributed by atoms with Crippen molar-refractivity contribution in [3.05, 3.63) is 59.7 Å². The number of alkyl carbamates (subject to hydrolysis) is 1. The lowest BCUT2D eigenvalue weighted by atomic mass is 9.87. The van der Waals surface area contributed by atoms with Gasteiger partial charge in [-0.2, -0.15) is 0 Å². The lowest BCUT2D eigenvalue weighted by Crippen LogP contribution is -2.56. The quantitative estimate of drug-likeness (QED) is 0.509. The number of anilines is 1. The molecular formula is C29H35N3O5. The monoisotopic (exact) mass is 505 g/mol. The molecule has 0 heterocycles. The summed E-state index contributed by atoms with van der Waals surface area (Å²) >= 11 is 0. The van der Waals surface area contributed by atoms with Crippen LogP contribution in [0.4, 0.5) is 10.5 Å². The molecule has 196 valence electrons. The van der Waals surface area contributed by atoms with Crippen LogP contribution in [0.25, 0.3) is 0 Å². The summed E-state index contributed by atoms with van der Waals surface area (Å²) in [7, 11) is 1.56.